The Morgan fingerprint density at radius 2 is 1.89 bits per heavy atom. The second-order valence-corrected chi connectivity index (χ2v) is 9.43. The van der Waals surface area contributed by atoms with Crippen LogP contribution in [0, 0.1) is 24.4 Å². The van der Waals surface area contributed by atoms with Gasteiger partial charge in [0.15, 0.2) is 17.5 Å². The molecule has 2 aliphatic rings. The Bertz CT molecular complexity index is 1430. The molecule has 11 heteroatoms. The van der Waals surface area contributed by atoms with Crippen LogP contribution in [0.1, 0.15) is 35.7 Å². The first-order valence-corrected chi connectivity index (χ1v) is 12.0. The van der Waals surface area contributed by atoms with Crippen LogP contribution in [0.4, 0.5) is 18.0 Å². The van der Waals surface area contributed by atoms with E-state index in [1.165, 1.54) is 4.90 Å². The molecule has 1 aromatic heterocycles. The van der Waals surface area contributed by atoms with Gasteiger partial charge in [-0.2, -0.15) is 0 Å². The van der Waals surface area contributed by atoms with E-state index in [2.05, 4.69) is 4.98 Å². The minimum Gasteiger partial charge on any atom is -0.495 e. The Morgan fingerprint density at radius 1 is 1.16 bits per heavy atom. The smallest absolute Gasteiger partial charge is 0.407 e. The van der Waals surface area contributed by atoms with Gasteiger partial charge in [0.05, 0.1) is 36.9 Å². The van der Waals surface area contributed by atoms with Crippen LogP contribution in [0.3, 0.4) is 0 Å². The van der Waals surface area contributed by atoms with Crippen LogP contribution in [0.5, 0.6) is 5.75 Å². The van der Waals surface area contributed by atoms with Gasteiger partial charge in [0, 0.05) is 24.9 Å². The molecule has 0 bridgehead atoms. The van der Waals surface area contributed by atoms with Gasteiger partial charge >= 0.3 is 6.09 Å². The van der Waals surface area contributed by atoms with Crippen molar-refractivity contribution < 1.29 is 32.6 Å². The van der Waals surface area contributed by atoms with Gasteiger partial charge in [-0.15, -0.1) is 0 Å². The Labute approximate surface area is 216 Å². The van der Waals surface area contributed by atoms with Crippen LogP contribution < -0.4 is 4.74 Å². The summed E-state index contributed by atoms with van der Waals surface area (Å²) in [5.41, 5.74) is 2.79. The lowest BCUT2D eigenvalue weighted by Crippen LogP contribution is -2.59. The lowest BCUT2D eigenvalue weighted by Gasteiger charge is -2.48. The number of imidazole rings is 1. The zero-order valence-corrected chi connectivity index (χ0v) is 20.7. The third kappa shape index (κ3) is 4.59. The summed E-state index contributed by atoms with van der Waals surface area (Å²) in [7, 11) is 1.55. The Balaban J connectivity index is 1.49. The number of benzene rings is 2. The van der Waals surface area contributed by atoms with Crippen molar-refractivity contribution >= 4 is 18.1 Å². The van der Waals surface area contributed by atoms with Crippen LogP contribution in [0.2, 0.25) is 0 Å². The Hall–Kier alpha value is -4.28. The number of aromatic nitrogens is 2. The van der Waals surface area contributed by atoms with Crippen LogP contribution in [-0.2, 0) is 4.79 Å². The molecule has 38 heavy (non-hydrogen) atoms. The standard InChI is InChI=1S/C27H25F3N4O4/c1-15-11-33(14-31-15)22-6-3-16(8-24(22)38-2)7-17-4-5-19-12-32(27(36)37)13-23(34(19)26(17)35)18-9-20(28)25(30)21(29)10-18/h3,6-11,14,19,23H,4-5,12-13H2,1-2H3,(H,36,37)/t19-,23-/m1/s1. The van der Waals surface area contributed by atoms with Crippen molar-refractivity contribution in [3.8, 4) is 11.4 Å². The van der Waals surface area contributed by atoms with E-state index < -0.39 is 35.6 Å². The van der Waals surface area contributed by atoms with E-state index >= 15 is 0 Å². The van der Waals surface area contributed by atoms with Gasteiger partial charge in [-0.1, -0.05) is 6.07 Å². The molecule has 198 valence electrons. The van der Waals surface area contributed by atoms with Crippen LogP contribution in [0.15, 0.2) is 48.4 Å². The van der Waals surface area contributed by atoms with Gasteiger partial charge < -0.3 is 24.2 Å². The van der Waals surface area contributed by atoms with Gasteiger partial charge in [0.25, 0.3) is 5.91 Å². The Morgan fingerprint density at radius 3 is 2.53 bits per heavy atom. The maximum Gasteiger partial charge on any atom is 0.407 e. The predicted octanol–water partition coefficient (Wildman–Crippen LogP) is 4.72. The van der Waals surface area contributed by atoms with Crippen molar-refractivity contribution in [1.82, 2.24) is 19.4 Å². The molecular weight excluding hydrogens is 501 g/mol. The van der Waals surface area contributed by atoms with Gasteiger partial charge in [-0.25, -0.2) is 22.9 Å². The second-order valence-electron chi connectivity index (χ2n) is 9.43. The summed E-state index contributed by atoms with van der Waals surface area (Å²) < 4.78 is 49.2. The number of carbonyl (C=O) groups excluding carboxylic acids is 1. The molecule has 2 saturated heterocycles. The zero-order chi connectivity index (χ0) is 27.1. The van der Waals surface area contributed by atoms with Crippen LogP contribution in [0.25, 0.3) is 11.8 Å². The number of fused-ring (bicyclic) bond motifs is 1. The van der Waals surface area contributed by atoms with Gasteiger partial charge in [-0.3, -0.25) is 4.79 Å². The summed E-state index contributed by atoms with van der Waals surface area (Å²) in [4.78, 5) is 32.3. The highest BCUT2D eigenvalue weighted by atomic mass is 19.2. The lowest BCUT2D eigenvalue weighted by atomic mass is 9.89. The van der Waals surface area contributed by atoms with Gasteiger partial charge in [0.1, 0.15) is 5.75 Å². The van der Waals surface area contributed by atoms with Crippen LogP contribution in [-0.4, -0.2) is 62.7 Å². The topological polar surface area (TPSA) is 87.9 Å². The van der Waals surface area contributed by atoms with Crippen molar-refractivity contribution in [3.05, 3.63) is 82.7 Å². The van der Waals surface area contributed by atoms with E-state index in [4.69, 9.17) is 4.74 Å². The molecule has 1 N–H and O–H groups in total. The minimum absolute atomic E-state index is 0.00593. The fourth-order valence-corrected chi connectivity index (χ4v) is 5.18. The summed E-state index contributed by atoms with van der Waals surface area (Å²) >= 11 is 0. The molecule has 0 aliphatic carbocycles. The maximum absolute atomic E-state index is 14.1. The molecule has 2 aromatic carbocycles. The molecule has 2 fully saturated rings. The monoisotopic (exact) mass is 526 g/mol. The van der Waals surface area contributed by atoms with E-state index in [0.29, 0.717) is 29.7 Å². The first-order chi connectivity index (χ1) is 18.2. The normalized spacial score (nSPS) is 20.6. The number of piperazine rings is 1. The summed E-state index contributed by atoms with van der Waals surface area (Å²) in [6, 6.07) is 5.64. The molecule has 0 radical (unpaired) electrons. The molecular formula is C27H25F3N4O4. The molecule has 2 amide bonds. The number of carboxylic acid groups (broad SMARTS) is 1. The molecule has 3 aromatic rings. The van der Waals surface area contributed by atoms with Crippen molar-refractivity contribution in [2.45, 2.75) is 31.8 Å². The summed E-state index contributed by atoms with van der Waals surface area (Å²) in [5.74, 6) is -4.21. The maximum atomic E-state index is 14.1. The highest BCUT2D eigenvalue weighted by molar-refractivity contribution is 5.99. The SMILES string of the molecule is COc1cc(C=C2CC[C@@H]3CN(C(=O)O)C[C@H](c4cc(F)c(F)c(F)c4)N3C2=O)ccc1-n1cnc(C)c1. The largest absolute Gasteiger partial charge is 0.495 e. The van der Waals surface area contributed by atoms with Crippen molar-refractivity contribution in [1.29, 1.82) is 0 Å². The van der Waals surface area contributed by atoms with Crippen molar-refractivity contribution in [2.75, 3.05) is 20.2 Å². The number of halogens is 3. The average Bonchev–Trinajstić information content (AvgIpc) is 3.33. The Kier molecular flexibility index (Phi) is 6.60. The number of piperidine rings is 1. The minimum atomic E-state index is -1.62. The first kappa shape index (κ1) is 25.4. The molecule has 5 rings (SSSR count). The molecule has 2 atom stereocenters. The fourth-order valence-electron chi connectivity index (χ4n) is 5.18. The zero-order valence-electron chi connectivity index (χ0n) is 20.7. The molecule has 0 spiro atoms. The number of ether oxygens (including phenoxy) is 1. The summed E-state index contributed by atoms with van der Waals surface area (Å²) in [5, 5.41) is 9.60. The highest BCUT2D eigenvalue weighted by Gasteiger charge is 2.43. The van der Waals surface area contributed by atoms with E-state index in [1.54, 1.807) is 25.6 Å². The number of aryl methyl sites for hydroxylation is 1. The number of hydrogen-bond acceptors (Lipinski definition) is 4. The van der Waals surface area contributed by atoms with Crippen molar-refractivity contribution in [2.24, 2.45) is 0 Å². The van der Waals surface area contributed by atoms with E-state index in [-0.39, 0.29) is 24.6 Å². The average molecular weight is 527 g/mol. The van der Waals surface area contributed by atoms with E-state index in [1.807, 2.05) is 29.8 Å². The highest BCUT2D eigenvalue weighted by Crippen LogP contribution is 2.38. The quantitative estimate of drug-likeness (QED) is 0.393. The molecule has 3 heterocycles. The number of rotatable bonds is 4. The lowest BCUT2D eigenvalue weighted by molar-refractivity contribution is -0.138. The third-order valence-electron chi connectivity index (χ3n) is 7.01. The molecule has 8 nitrogen and oxygen atoms in total. The van der Waals surface area contributed by atoms with Gasteiger partial charge in [0.2, 0.25) is 0 Å². The fraction of sp³-hybridized carbons (Fsp3) is 0.296. The van der Waals surface area contributed by atoms with E-state index in [9.17, 15) is 27.9 Å². The second kappa shape index (κ2) is 9.88. The molecule has 0 unspecified atom stereocenters. The summed E-state index contributed by atoms with van der Waals surface area (Å²) in [6.45, 7) is 1.76. The van der Waals surface area contributed by atoms with Crippen LogP contribution >= 0.6 is 0 Å². The number of carbonyl (C=O) groups is 2. The van der Waals surface area contributed by atoms with Crippen molar-refractivity contribution in [3.63, 3.8) is 0 Å². The number of nitrogens with zero attached hydrogens (tertiary/aromatic N) is 4. The van der Waals surface area contributed by atoms with E-state index in [0.717, 1.165) is 28.4 Å². The number of hydrogen-bond donors (Lipinski definition) is 1. The van der Waals surface area contributed by atoms with Gasteiger partial charge in [-0.05, 0) is 61.2 Å². The predicted molar refractivity (Wildman–Crippen MR) is 131 cm³/mol. The first-order valence-electron chi connectivity index (χ1n) is 12.0. The molecule has 2 aliphatic heterocycles. The number of amides is 2. The third-order valence-corrected chi connectivity index (χ3v) is 7.01. The number of methoxy groups -OCH3 is 1. The molecule has 0 saturated carbocycles. The summed E-state index contributed by atoms with van der Waals surface area (Å²) in [6.07, 6.45) is 4.90.